The van der Waals surface area contributed by atoms with E-state index < -0.39 is 0 Å². The number of hydrogen-bond donors (Lipinski definition) is 1. The summed E-state index contributed by atoms with van der Waals surface area (Å²) >= 11 is 0. The lowest BCUT2D eigenvalue weighted by atomic mass is 10.0. The minimum absolute atomic E-state index is 0.352. The van der Waals surface area contributed by atoms with Gasteiger partial charge in [0.15, 0.2) is 0 Å². The second-order valence-electron chi connectivity index (χ2n) is 4.88. The summed E-state index contributed by atoms with van der Waals surface area (Å²) in [5.74, 6) is 0.852. The highest BCUT2D eigenvalue weighted by Gasteiger charge is 2.11. The van der Waals surface area contributed by atoms with E-state index in [1.807, 2.05) is 32.2 Å². The average Bonchev–Trinajstić information content (AvgIpc) is 2.92. The molecule has 1 N–H and O–H groups in total. The molecule has 0 saturated heterocycles. The van der Waals surface area contributed by atoms with Crippen LogP contribution in [0.4, 0.5) is 0 Å². The topological polar surface area (TPSA) is 60.2 Å². The number of rotatable bonds is 5. The first-order chi connectivity index (χ1) is 10.3. The molecule has 1 aromatic heterocycles. The smallest absolute Gasteiger partial charge is 0.145 e. The first-order valence-electron chi connectivity index (χ1n) is 6.85. The summed E-state index contributed by atoms with van der Waals surface area (Å²) in [5.41, 5.74) is 2.62. The Bertz CT molecular complexity index is 752. The van der Waals surface area contributed by atoms with Crippen molar-refractivity contribution < 1.29 is 9.37 Å². The number of fused-ring (bicyclic) bond motifs is 1. The van der Waals surface area contributed by atoms with Crippen molar-refractivity contribution in [3.8, 4) is 5.75 Å². The maximum atomic E-state index is 5.92. The number of hydrogen-bond acceptors (Lipinski definition) is 5. The predicted molar refractivity (Wildman–Crippen MR) is 80.1 cm³/mol. The Morgan fingerprint density at radius 1 is 1.14 bits per heavy atom. The standard InChI is InChI=1S/C16H17N3O2/c1-11-15(19-21-18-11)10-20-16-8-7-12-5-3-4-6-13(12)14(16)9-17-2/h3-8,17H,9-10H2,1-2H3. The van der Waals surface area contributed by atoms with E-state index in [0.717, 1.165) is 29.2 Å². The molecular formula is C16H17N3O2. The van der Waals surface area contributed by atoms with Crippen molar-refractivity contribution in [1.82, 2.24) is 15.6 Å². The molecule has 0 saturated carbocycles. The number of nitrogens with one attached hydrogen (secondary N) is 1. The number of nitrogens with zero attached hydrogens (tertiary/aromatic N) is 2. The Hall–Kier alpha value is -2.40. The number of benzene rings is 2. The Balaban J connectivity index is 1.93. The van der Waals surface area contributed by atoms with Crippen molar-refractivity contribution in [1.29, 1.82) is 0 Å². The molecule has 0 unspecified atom stereocenters. The predicted octanol–water partition coefficient (Wildman–Crippen LogP) is 2.83. The molecule has 0 atom stereocenters. The zero-order valence-electron chi connectivity index (χ0n) is 12.1. The van der Waals surface area contributed by atoms with Crippen molar-refractivity contribution in [2.75, 3.05) is 7.05 Å². The van der Waals surface area contributed by atoms with Crippen LogP contribution in [0.15, 0.2) is 41.0 Å². The van der Waals surface area contributed by atoms with Crippen molar-refractivity contribution in [3.63, 3.8) is 0 Å². The lowest BCUT2D eigenvalue weighted by Gasteiger charge is -2.13. The molecule has 0 radical (unpaired) electrons. The Kier molecular flexibility index (Phi) is 3.83. The molecule has 0 aliphatic rings. The molecule has 3 rings (SSSR count). The van der Waals surface area contributed by atoms with Crippen LogP contribution in [0.5, 0.6) is 5.75 Å². The molecule has 21 heavy (non-hydrogen) atoms. The van der Waals surface area contributed by atoms with Crippen molar-refractivity contribution >= 4 is 10.8 Å². The second kappa shape index (κ2) is 5.93. The molecule has 1 heterocycles. The zero-order chi connectivity index (χ0) is 14.7. The van der Waals surface area contributed by atoms with Crippen LogP contribution in [0, 0.1) is 6.92 Å². The van der Waals surface area contributed by atoms with Crippen LogP contribution >= 0.6 is 0 Å². The van der Waals surface area contributed by atoms with Crippen molar-refractivity contribution in [2.45, 2.75) is 20.1 Å². The highest BCUT2D eigenvalue weighted by Crippen LogP contribution is 2.28. The second-order valence-corrected chi connectivity index (χ2v) is 4.88. The molecule has 108 valence electrons. The number of ether oxygens (including phenoxy) is 1. The molecule has 0 aliphatic carbocycles. The van der Waals surface area contributed by atoms with Gasteiger partial charge in [-0.1, -0.05) is 40.6 Å². The van der Waals surface area contributed by atoms with Crippen molar-refractivity contribution in [2.24, 2.45) is 0 Å². The first-order valence-corrected chi connectivity index (χ1v) is 6.85. The van der Waals surface area contributed by atoms with E-state index in [1.54, 1.807) is 0 Å². The van der Waals surface area contributed by atoms with Crippen molar-refractivity contribution in [3.05, 3.63) is 53.3 Å². The monoisotopic (exact) mass is 283 g/mol. The molecular weight excluding hydrogens is 266 g/mol. The van der Waals surface area contributed by atoms with Crippen LogP contribution in [0.3, 0.4) is 0 Å². The van der Waals surface area contributed by atoms with Gasteiger partial charge in [-0.25, -0.2) is 4.63 Å². The molecule has 0 aliphatic heterocycles. The Morgan fingerprint density at radius 3 is 2.76 bits per heavy atom. The van der Waals surface area contributed by atoms with E-state index in [4.69, 9.17) is 4.74 Å². The third kappa shape index (κ3) is 2.73. The SMILES string of the molecule is CNCc1c(OCc2nonc2C)ccc2ccccc12. The Labute approximate surface area is 122 Å². The fourth-order valence-electron chi connectivity index (χ4n) is 2.34. The van der Waals surface area contributed by atoms with Crippen LogP contribution in [-0.2, 0) is 13.2 Å². The summed E-state index contributed by atoms with van der Waals surface area (Å²) in [4.78, 5) is 0. The van der Waals surface area contributed by atoms with Gasteiger partial charge >= 0.3 is 0 Å². The molecule has 0 fully saturated rings. The van der Waals surface area contributed by atoms with Gasteiger partial charge in [-0.05, 0) is 30.8 Å². The number of aromatic nitrogens is 2. The van der Waals surface area contributed by atoms with Gasteiger partial charge in [-0.3, -0.25) is 0 Å². The van der Waals surface area contributed by atoms with Crippen LogP contribution in [0.1, 0.15) is 17.0 Å². The summed E-state index contributed by atoms with van der Waals surface area (Å²) < 4.78 is 10.6. The van der Waals surface area contributed by atoms with E-state index in [9.17, 15) is 0 Å². The normalized spacial score (nSPS) is 11.0. The largest absolute Gasteiger partial charge is 0.487 e. The van der Waals surface area contributed by atoms with Gasteiger partial charge in [0.25, 0.3) is 0 Å². The average molecular weight is 283 g/mol. The summed E-state index contributed by atoms with van der Waals surface area (Å²) in [6.07, 6.45) is 0. The lowest BCUT2D eigenvalue weighted by molar-refractivity contribution is 0.268. The lowest BCUT2D eigenvalue weighted by Crippen LogP contribution is -2.08. The fourth-order valence-corrected chi connectivity index (χ4v) is 2.34. The fraction of sp³-hybridized carbons (Fsp3) is 0.250. The maximum Gasteiger partial charge on any atom is 0.145 e. The third-order valence-corrected chi connectivity index (χ3v) is 3.46. The van der Waals surface area contributed by atoms with Gasteiger partial charge in [0.1, 0.15) is 23.7 Å². The molecule has 0 bridgehead atoms. The zero-order valence-corrected chi connectivity index (χ0v) is 12.1. The van der Waals surface area contributed by atoms with Gasteiger partial charge in [-0.15, -0.1) is 0 Å². The molecule has 2 aromatic carbocycles. The summed E-state index contributed by atoms with van der Waals surface area (Å²) in [5, 5.41) is 13.2. The maximum absolute atomic E-state index is 5.92. The quantitative estimate of drug-likeness (QED) is 0.780. The molecule has 5 heteroatoms. The van der Waals surface area contributed by atoms with E-state index in [-0.39, 0.29) is 0 Å². The minimum Gasteiger partial charge on any atom is -0.487 e. The van der Waals surface area contributed by atoms with Gasteiger partial charge in [-0.2, -0.15) is 0 Å². The highest BCUT2D eigenvalue weighted by atomic mass is 16.6. The summed E-state index contributed by atoms with van der Waals surface area (Å²) in [6.45, 7) is 2.95. The number of aryl methyl sites for hydroxylation is 1. The van der Waals surface area contributed by atoms with Crippen LogP contribution in [-0.4, -0.2) is 17.4 Å². The molecule has 0 amide bonds. The highest BCUT2D eigenvalue weighted by molar-refractivity contribution is 5.87. The molecule has 5 nitrogen and oxygen atoms in total. The first kappa shape index (κ1) is 13.6. The van der Waals surface area contributed by atoms with E-state index in [1.165, 1.54) is 10.8 Å². The van der Waals surface area contributed by atoms with Crippen LogP contribution < -0.4 is 10.1 Å². The van der Waals surface area contributed by atoms with Crippen LogP contribution in [0.25, 0.3) is 10.8 Å². The summed E-state index contributed by atoms with van der Waals surface area (Å²) in [7, 11) is 1.93. The Morgan fingerprint density at radius 2 is 2.00 bits per heavy atom. The van der Waals surface area contributed by atoms with Gasteiger partial charge in [0.05, 0.1) is 0 Å². The van der Waals surface area contributed by atoms with Gasteiger partial charge < -0.3 is 10.1 Å². The molecule has 3 aromatic rings. The van der Waals surface area contributed by atoms with Crippen LogP contribution in [0.2, 0.25) is 0 Å². The van der Waals surface area contributed by atoms with E-state index in [0.29, 0.717) is 6.61 Å². The summed E-state index contributed by atoms with van der Waals surface area (Å²) in [6, 6.07) is 12.4. The third-order valence-electron chi connectivity index (χ3n) is 3.46. The van der Waals surface area contributed by atoms with Gasteiger partial charge in [0.2, 0.25) is 0 Å². The van der Waals surface area contributed by atoms with E-state index in [2.05, 4.69) is 38.5 Å². The molecule has 0 spiro atoms. The van der Waals surface area contributed by atoms with E-state index >= 15 is 0 Å². The van der Waals surface area contributed by atoms with Gasteiger partial charge in [0, 0.05) is 12.1 Å². The minimum atomic E-state index is 0.352.